The van der Waals surface area contributed by atoms with Gasteiger partial charge in [-0.15, -0.1) is 0 Å². The van der Waals surface area contributed by atoms with Gasteiger partial charge < -0.3 is 5.11 Å². The van der Waals surface area contributed by atoms with Crippen LogP contribution in [-0.2, 0) is 12.6 Å². The van der Waals surface area contributed by atoms with E-state index in [9.17, 15) is 22.7 Å². The molecule has 1 heterocycles. The molecule has 1 N–H and O–H groups in total. The second-order valence-electron chi connectivity index (χ2n) is 7.32. The van der Waals surface area contributed by atoms with E-state index in [2.05, 4.69) is 4.98 Å². The first kappa shape index (κ1) is 17.9. The second-order valence-corrected chi connectivity index (χ2v) is 7.32. The molecule has 0 saturated carbocycles. The van der Waals surface area contributed by atoms with Gasteiger partial charge in [0.1, 0.15) is 0 Å². The third kappa shape index (κ3) is 3.68. The summed E-state index contributed by atoms with van der Waals surface area (Å²) in [6.07, 6.45) is -5.47. The lowest BCUT2D eigenvalue weighted by Gasteiger charge is -2.34. The Labute approximate surface area is 143 Å². The molecule has 134 valence electrons. The van der Waals surface area contributed by atoms with Gasteiger partial charge in [-0.25, -0.2) is 4.39 Å². The molecular formula is C19H19F4NO. The van der Waals surface area contributed by atoms with Gasteiger partial charge in [0.15, 0.2) is 6.17 Å². The SMILES string of the molecule is CC1(C)Cc2nc([C@@H](F)c3ccc(C(F)(F)F)cc3)ccc2C(O)C1. The van der Waals surface area contributed by atoms with Crippen molar-refractivity contribution in [2.45, 2.75) is 45.1 Å². The van der Waals surface area contributed by atoms with E-state index >= 15 is 0 Å². The molecule has 2 atom stereocenters. The maximum atomic E-state index is 14.7. The van der Waals surface area contributed by atoms with E-state index in [0.29, 0.717) is 24.1 Å². The number of pyridine rings is 1. The number of nitrogens with zero attached hydrogens (tertiary/aromatic N) is 1. The van der Waals surface area contributed by atoms with Crippen LogP contribution in [0.25, 0.3) is 0 Å². The lowest BCUT2D eigenvalue weighted by molar-refractivity contribution is -0.137. The van der Waals surface area contributed by atoms with E-state index in [4.69, 9.17) is 0 Å². The minimum absolute atomic E-state index is 0.121. The van der Waals surface area contributed by atoms with Gasteiger partial charge in [-0.2, -0.15) is 13.2 Å². The zero-order valence-electron chi connectivity index (χ0n) is 13.9. The fourth-order valence-electron chi connectivity index (χ4n) is 3.29. The number of aliphatic hydroxyl groups excluding tert-OH is 1. The predicted molar refractivity (Wildman–Crippen MR) is 85.7 cm³/mol. The summed E-state index contributed by atoms with van der Waals surface area (Å²) in [7, 11) is 0. The van der Waals surface area contributed by atoms with Crippen LogP contribution in [0.2, 0.25) is 0 Å². The van der Waals surface area contributed by atoms with Crippen LogP contribution in [0, 0.1) is 5.41 Å². The van der Waals surface area contributed by atoms with Gasteiger partial charge in [-0.05, 0) is 42.0 Å². The van der Waals surface area contributed by atoms with Crippen molar-refractivity contribution < 1.29 is 22.7 Å². The molecule has 1 aromatic heterocycles. The zero-order valence-corrected chi connectivity index (χ0v) is 13.9. The van der Waals surface area contributed by atoms with Crippen molar-refractivity contribution in [2.75, 3.05) is 0 Å². The zero-order chi connectivity index (χ0) is 18.4. The molecule has 0 aliphatic heterocycles. The topological polar surface area (TPSA) is 33.1 Å². The lowest BCUT2D eigenvalue weighted by Crippen LogP contribution is -2.27. The van der Waals surface area contributed by atoms with Gasteiger partial charge in [0.2, 0.25) is 0 Å². The number of aliphatic hydroxyl groups is 1. The second kappa shape index (κ2) is 6.09. The van der Waals surface area contributed by atoms with Gasteiger partial charge in [0, 0.05) is 11.3 Å². The molecule has 0 amide bonds. The Hall–Kier alpha value is -1.95. The number of hydrogen-bond acceptors (Lipinski definition) is 2. The number of hydrogen-bond donors (Lipinski definition) is 1. The molecule has 1 aliphatic rings. The van der Waals surface area contributed by atoms with Crippen LogP contribution in [0.4, 0.5) is 17.6 Å². The Morgan fingerprint density at radius 2 is 1.76 bits per heavy atom. The highest BCUT2D eigenvalue weighted by molar-refractivity contribution is 5.34. The molecule has 0 radical (unpaired) electrons. The number of aromatic nitrogens is 1. The molecule has 1 unspecified atom stereocenters. The Morgan fingerprint density at radius 1 is 1.12 bits per heavy atom. The highest BCUT2D eigenvalue weighted by atomic mass is 19.4. The first-order chi connectivity index (χ1) is 11.6. The molecule has 6 heteroatoms. The summed E-state index contributed by atoms with van der Waals surface area (Å²) in [6.45, 7) is 4.02. The summed E-state index contributed by atoms with van der Waals surface area (Å²) in [4.78, 5) is 4.35. The molecule has 2 aromatic rings. The average molecular weight is 353 g/mol. The maximum Gasteiger partial charge on any atom is 0.416 e. The quantitative estimate of drug-likeness (QED) is 0.756. The van der Waals surface area contributed by atoms with Gasteiger partial charge in [-0.1, -0.05) is 32.0 Å². The summed E-state index contributed by atoms with van der Waals surface area (Å²) in [5.74, 6) is 0. The molecule has 0 fully saturated rings. The number of halogens is 4. The smallest absolute Gasteiger partial charge is 0.388 e. The number of rotatable bonds is 2. The molecule has 0 spiro atoms. The van der Waals surface area contributed by atoms with E-state index in [1.54, 1.807) is 6.07 Å². The fourth-order valence-corrected chi connectivity index (χ4v) is 3.29. The van der Waals surface area contributed by atoms with Gasteiger partial charge >= 0.3 is 6.18 Å². The van der Waals surface area contributed by atoms with Crippen LogP contribution in [0.1, 0.15) is 60.6 Å². The standard InChI is InChI=1S/C19H19F4NO/c1-18(2)9-15-13(16(25)10-18)7-8-14(24-15)17(20)11-3-5-12(6-4-11)19(21,22)23/h3-8,16-17,25H,9-10H2,1-2H3/t16?,17-/m0/s1. The predicted octanol–water partition coefficient (Wildman–Crippen LogP) is 5.17. The largest absolute Gasteiger partial charge is 0.416 e. The van der Waals surface area contributed by atoms with Crippen molar-refractivity contribution in [3.05, 3.63) is 64.5 Å². The first-order valence-electron chi connectivity index (χ1n) is 8.06. The summed E-state index contributed by atoms with van der Waals surface area (Å²) < 4.78 is 52.6. The number of fused-ring (bicyclic) bond motifs is 1. The van der Waals surface area contributed by atoms with E-state index < -0.39 is 24.0 Å². The molecule has 0 bridgehead atoms. The average Bonchev–Trinajstić information content (AvgIpc) is 2.51. The van der Waals surface area contributed by atoms with Crippen molar-refractivity contribution in [3.8, 4) is 0 Å². The van der Waals surface area contributed by atoms with E-state index in [1.807, 2.05) is 13.8 Å². The van der Waals surface area contributed by atoms with E-state index in [-0.39, 0.29) is 16.7 Å². The molecule has 25 heavy (non-hydrogen) atoms. The third-order valence-corrected chi connectivity index (χ3v) is 4.57. The molecule has 2 nitrogen and oxygen atoms in total. The highest BCUT2D eigenvalue weighted by Crippen LogP contribution is 2.40. The Kier molecular flexibility index (Phi) is 4.35. The normalized spacial score (nSPS) is 20.8. The summed E-state index contributed by atoms with van der Waals surface area (Å²) in [5.41, 5.74) is 0.655. The van der Waals surface area contributed by atoms with Crippen molar-refractivity contribution in [3.63, 3.8) is 0 Å². The fraction of sp³-hybridized carbons (Fsp3) is 0.421. The maximum absolute atomic E-state index is 14.7. The third-order valence-electron chi connectivity index (χ3n) is 4.57. The monoisotopic (exact) mass is 353 g/mol. The summed E-state index contributed by atoms with van der Waals surface area (Å²) in [5, 5.41) is 10.2. The van der Waals surface area contributed by atoms with Crippen LogP contribution in [0.5, 0.6) is 0 Å². The summed E-state index contributed by atoms with van der Waals surface area (Å²) in [6, 6.07) is 7.15. The van der Waals surface area contributed by atoms with Crippen LogP contribution in [0.15, 0.2) is 36.4 Å². The highest BCUT2D eigenvalue weighted by Gasteiger charge is 2.33. The minimum atomic E-state index is -4.45. The molecule has 1 aromatic carbocycles. The Morgan fingerprint density at radius 3 is 2.36 bits per heavy atom. The van der Waals surface area contributed by atoms with Crippen molar-refractivity contribution in [2.24, 2.45) is 5.41 Å². The van der Waals surface area contributed by atoms with Crippen molar-refractivity contribution >= 4 is 0 Å². The summed E-state index contributed by atoms with van der Waals surface area (Å²) >= 11 is 0. The molecular weight excluding hydrogens is 334 g/mol. The van der Waals surface area contributed by atoms with Crippen LogP contribution < -0.4 is 0 Å². The Balaban J connectivity index is 1.89. The lowest BCUT2D eigenvalue weighted by atomic mass is 9.75. The van der Waals surface area contributed by atoms with Crippen LogP contribution >= 0.6 is 0 Å². The minimum Gasteiger partial charge on any atom is -0.388 e. The van der Waals surface area contributed by atoms with Gasteiger partial charge in [0.05, 0.1) is 17.4 Å². The van der Waals surface area contributed by atoms with Crippen LogP contribution in [0.3, 0.4) is 0 Å². The first-order valence-corrected chi connectivity index (χ1v) is 8.06. The van der Waals surface area contributed by atoms with E-state index in [1.165, 1.54) is 6.07 Å². The molecule has 0 saturated heterocycles. The number of benzene rings is 1. The van der Waals surface area contributed by atoms with E-state index in [0.717, 1.165) is 24.3 Å². The van der Waals surface area contributed by atoms with Gasteiger partial charge in [0.25, 0.3) is 0 Å². The number of alkyl halides is 4. The molecule has 3 rings (SSSR count). The van der Waals surface area contributed by atoms with Crippen molar-refractivity contribution in [1.82, 2.24) is 4.98 Å². The van der Waals surface area contributed by atoms with Crippen LogP contribution in [-0.4, -0.2) is 10.1 Å². The van der Waals surface area contributed by atoms with Crippen molar-refractivity contribution in [1.29, 1.82) is 0 Å². The van der Waals surface area contributed by atoms with Gasteiger partial charge in [-0.3, -0.25) is 4.98 Å². The Bertz CT molecular complexity index is 768. The molecule has 1 aliphatic carbocycles.